The van der Waals surface area contributed by atoms with Gasteiger partial charge in [-0.3, -0.25) is 24.0 Å². The molecule has 12 nitrogen and oxygen atoms in total. The van der Waals surface area contributed by atoms with Crippen LogP contribution in [-0.2, 0) is 39.9 Å². The summed E-state index contributed by atoms with van der Waals surface area (Å²) in [7, 11) is 0. The highest BCUT2D eigenvalue weighted by Crippen LogP contribution is 2.67. The Morgan fingerprint density at radius 1 is 0.926 bits per heavy atom. The van der Waals surface area contributed by atoms with Crippen molar-refractivity contribution in [1.29, 1.82) is 0 Å². The van der Waals surface area contributed by atoms with Crippen LogP contribution in [0.1, 0.15) is 109 Å². The first kappa shape index (κ1) is 39.4. The van der Waals surface area contributed by atoms with E-state index in [0.717, 1.165) is 48.6 Å². The summed E-state index contributed by atoms with van der Waals surface area (Å²) in [6.45, 7) is 4.16. The number of carbonyl (C=O) groups is 6. The molecule has 7 atom stereocenters. The molecule has 7 unspecified atom stereocenters. The third kappa shape index (κ3) is 7.90. The minimum atomic E-state index is -1.57. The molecule has 3 fully saturated rings. The van der Waals surface area contributed by atoms with Gasteiger partial charge in [-0.25, -0.2) is 4.79 Å². The molecule has 292 valence electrons. The lowest BCUT2D eigenvalue weighted by Gasteiger charge is -2.58. The van der Waals surface area contributed by atoms with Gasteiger partial charge in [0.15, 0.2) is 12.4 Å². The molecule has 1 aromatic carbocycles. The minimum absolute atomic E-state index is 0.00202. The number of hydrogen-bond donors (Lipinski definition) is 5. The third-order valence-corrected chi connectivity index (χ3v) is 13.6. The predicted molar refractivity (Wildman–Crippen MR) is 200 cm³/mol. The van der Waals surface area contributed by atoms with Crippen molar-refractivity contribution in [3.05, 3.63) is 47.7 Å². The normalized spacial score (nSPS) is 29.3. The first-order chi connectivity index (χ1) is 25.7. The van der Waals surface area contributed by atoms with Crippen molar-refractivity contribution in [2.45, 2.75) is 122 Å². The Labute approximate surface area is 316 Å². The molecule has 4 aliphatic carbocycles. The van der Waals surface area contributed by atoms with Crippen LogP contribution in [0.15, 0.2) is 42.1 Å². The Balaban J connectivity index is 0.858. The standard InChI is InChI=1S/C42H55N3O9/c1-40-18-15-28(46)23-27(40)11-12-30-31(40)16-19-41(2)32(30)17-20-42(41,53)35(47)25-54-38(50)14-13-36(48)43-21-7-3-4-10-37(49)45-34(39(51)52)22-26-24-44-33-9-6-5-8-29(26)33/h5-6,8-9,23-24,30-32,34,44,53H,3-4,7,10-22,25H2,1-2H3,(H,43,48)(H,45,49)(H,51,52). The number of carboxylic acid groups (broad SMARTS) is 1. The van der Waals surface area contributed by atoms with Crippen LogP contribution in [0.4, 0.5) is 0 Å². The maximum Gasteiger partial charge on any atom is 0.326 e. The van der Waals surface area contributed by atoms with Crippen molar-refractivity contribution in [2.24, 2.45) is 28.6 Å². The van der Waals surface area contributed by atoms with Crippen LogP contribution in [0.2, 0.25) is 0 Å². The van der Waals surface area contributed by atoms with Crippen LogP contribution in [0.5, 0.6) is 0 Å². The molecular weight excluding hydrogens is 690 g/mol. The van der Waals surface area contributed by atoms with Gasteiger partial charge < -0.3 is 30.6 Å². The first-order valence-corrected chi connectivity index (χ1v) is 19.7. The van der Waals surface area contributed by atoms with E-state index >= 15 is 0 Å². The second-order valence-electron chi connectivity index (χ2n) is 16.6. The van der Waals surface area contributed by atoms with Gasteiger partial charge in [0.05, 0.1) is 6.42 Å². The van der Waals surface area contributed by atoms with Gasteiger partial charge in [-0.1, -0.05) is 44.0 Å². The second-order valence-corrected chi connectivity index (χ2v) is 16.6. The second kappa shape index (κ2) is 16.2. The van der Waals surface area contributed by atoms with Gasteiger partial charge in [-0.15, -0.1) is 0 Å². The molecule has 12 heteroatoms. The van der Waals surface area contributed by atoms with Gasteiger partial charge in [0.1, 0.15) is 11.6 Å². The maximum atomic E-state index is 13.5. The number of aliphatic hydroxyl groups is 1. The van der Waals surface area contributed by atoms with Crippen molar-refractivity contribution in [2.75, 3.05) is 13.2 Å². The lowest BCUT2D eigenvalue weighted by molar-refractivity contribution is -0.170. The molecular formula is C42H55N3O9. The number of carbonyl (C=O) groups excluding carboxylic acids is 5. The summed E-state index contributed by atoms with van der Waals surface area (Å²) in [5.41, 5.74) is 0.808. The fraction of sp³-hybridized carbons (Fsp3) is 0.619. The Morgan fingerprint density at radius 2 is 1.70 bits per heavy atom. The zero-order valence-corrected chi connectivity index (χ0v) is 31.5. The van der Waals surface area contributed by atoms with E-state index in [1.54, 1.807) is 6.20 Å². The van der Waals surface area contributed by atoms with Crippen molar-refractivity contribution < 1.29 is 43.7 Å². The van der Waals surface area contributed by atoms with Crippen molar-refractivity contribution in [3.8, 4) is 0 Å². The highest BCUT2D eigenvalue weighted by atomic mass is 16.5. The Morgan fingerprint density at radius 3 is 2.50 bits per heavy atom. The third-order valence-electron chi connectivity index (χ3n) is 13.6. The summed E-state index contributed by atoms with van der Waals surface area (Å²) in [6.07, 6.45) is 11.4. The summed E-state index contributed by atoms with van der Waals surface area (Å²) < 4.78 is 5.29. The first-order valence-electron chi connectivity index (χ1n) is 19.7. The number of allylic oxidation sites excluding steroid dienone is 1. The molecule has 6 rings (SSSR count). The average molecular weight is 746 g/mol. The number of Topliss-reactive ketones (excluding diaryl/α,β-unsaturated/α-hetero) is 1. The van der Waals surface area contributed by atoms with E-state index in [0.29, 0.717) is 56.9 Å². The monoisotopic (exact) mass is 745 g/mol. The van der Waals surface area contributed by atoms with Gasteiger partial charge in [0, 0.05) is 54.7 Å². The number of aromatic nitrogens is 1. The van der Waals surface area contributed by atoms with Gasteiger partial charge in [0.2, 0.25) is 17.6 Å². The molecule has 0 aliphatic heterocycles. The fourth-order valence-electron chi connectivity index (χ4n) is 10.5. The summed E-state index contributed by atoms with van der Waals surface area (Å²) in [6, 6.07) is 6.53. The Bertz CT molecular complexity index is 1820. The fourth-order valence-corrected chi connectivity index (χ4v) is 10.5. The molecule has 1 heterocycles. The minimum Gasteiger partial charge on any atom is -0.480 e. The highest BCUT2D eigenvalue weighted by Gasteiger charge is 2.66. The van der Waals surface area contributed by atoms with Gasteiger partial charge in [-0.05, 0) is 98.7 Å². The van der Waals surface area contributed by atoms with Crippen LogP contribution in [0.3, 0.4) is 0 Å². The van der Waals surface area contributed by atoms with Crippen LogP contribution < -0.4 is 10.6 Å². The average Bonchev–Trinajstić information content (AvgIpc) is 3.68. The SMILES string of the molecule is CC12CCC(=O)C=C1CCC1C2CCC2(C)C1CCC2(O)C(=O)COC(=O)CCC(=O)NCCCCCC(=O)NC(Cc1c[nH]c2ccccc12)C(=O)O. The van der Waals surface area contributed by atoms with Crippen LogP contribution in [-0.4, -0.2) is 75.3 Å². The number of rotatable bonds is 16. The van der Waals surface area contributed by atoms with Crippen molar-refractivity contribution in [1.82, 2.24) is 15.6 Å². The number of benzene rings is 1. The maximum absolute atomic E-state index is 13.5. The smallest absolute Gasteiger partial charge is 0.326 e. The number of hydrogen-bond acceptors (Lipinski definition) is 8. The van der Waals surface area contributed by atoms with Crippen LogP contribution in [0, 0.1) is 28.6 Å². The molecule has 2 aromatic rings. The number of unbranched alkanes of at least 4 members (excludes halogenated alkanes) is 2. The number of amides is 2. The topological polar surface area (TPSA) is 192 Å². The Hall–Kier alpha value is -4.32. The molecule has 0 spiro atoms. The van der Waals surface area contributed by atoms with E-state index in [1.807, 2.05) is 37.3 Å². The molecule has 1 aromatic heterocycles. The van der Waals surface area contributed by atoms with Crippen molar-refractivity contribution >= 4 is 46.2 Å². The molecule has 3 saturated carbocycles. The molecule has 4 aliphatic rings. The number of ether oxygens (including phenoxy) is 1. The number of aromatic amines is 1. The van der Waals surface area contributed by atoms with Gasteiger partial charge in [0.25, 0.3) is 0 Å². The summed E-state index contributed by atoms with van der Waals surface area (Å²) >= 11 is 0. The van der Waals surface area contributed by atoms with E-state index in [9.17, 15) is 39.0 Å². The van der Waals surface area contributed by atoms with E-state index in [1.165, 1.54) is 5.57 Å². The molecule has 5 N–H and O–H groups in total. The highest BCUT2D eigenvalue weighted by molar-refractivity contribution is 5.92. The molecule has 0 bridgehead atoms. The van der Waals surface area contributed by atoms with E-state index in [2.05, 4.69) is 22.5 Å². The van der Waals surface area contributed by atoms with Crippen LogP contribution in [0.25, 0.3) is 10.9 Å². The molecule has 54 heavy (non-hydrogen) atoms. The van der Waals surface area contributed by atoms with Crippen LogP contribution >= 0.6 is 0 Å². The predicted octanol–water partition coefficient (Wildman–Crippen LogP) is 5.11. The zero-order chi connectivity index (χ0) is 38.7. The Kier molecular flexibility index (Phi) is 11.8. The lowest BCUT2D eigenvalue weighted by atomic mass is 9.46. The number of esters is 1. The quantitative estimate of drug-likeness (QED) is 0.115. The molecule has 0 saturated heterocycles. The number of ketones is 2. The molecule has 0 radical (unpaired) electrons. The number of H-pyrrole nitrogens is 1. The summed E-state index contributed by atoms with van der Waals surface area (Å²) in [5, 5.41) is 27.8. The number of nitrogens with one attached hydrogen (secondary N) is 3. The lowest BCUT2D eigenvalue weighted by Crippen LogP contribution is -2.58. The van der Waals surface area contributed by atoms with Crippen molar-refractivity contribution in [3.63, 3.8) is 0 Å². The van der Waals surface area contributed by atoms with E-state index in [4.69, 9.17) is 4.74 Å². The van der Waals surface area contributed by atoms with E-state index in [-0.39, 0.29) is 54.6 Å². The number of fused-ring (bicyclic) bond motifs is 6. The largest absolute Gasteiger partial charge is 0.480 e. The molecule has 2 amide bonds. The summed E-state index contributed by atoms with van der Waals surface area (Å²) in [4.78, 5) is 78.0. The zero-order valence-electron chi connectivity index (χ0n) is 31.5. The summed E-state index contributed by atoms with van der Waals surface area (Å²) in [5.74, 6) is -1.73. The number of carboxylic acids is 1. The number of aliphatic carboxylic acids is 1. The van der Waals surface area contributed by atoms with Gasteiger partial charge in [-0.2, -0.15) is 0 Å². The van der Waals surface area contributed by atoms with E-state index < -0.39 is 41.4 Å². The van der Waals surface area contributed by atoms with Gasteiger partial charge >= 0.3 is 11.9 Å². The number of para-hydroxylation sites is 1.